The summed E-state index contributed by atoms with van der Waals surface area (Å²) in [5.41, 5.74) is 2.65. The Morgan fingerprint density at radius 2 is 1.95 bits per heavy atom. The summed E-state index contributed by atoms with van der Waals surface area (Å²) < 4.78 is 2.59. The molecule has 1 aromatic carbocycles. The molecule has 0 aliphatic rings. The Bertz CT molecular complexity index is 899. The largest absolute Gasteiger partial charge is 0.351 e. The van der Waals surface area contributed by atoms with Crippen molar-refractivity contribution in [1.29, 1.82) is 5.26 Å². The molecule has 0 radical (unpaired) electrons. The van der Waals surface area contributed by atoms with Gasteiger partial charge in [0.1, 0.15) is 11.6 Å². The molecule has 0 aliphatic carbocycles. The maximum atomic E-state index is 12.3. The van der Waals surface area contributed by atoms with E-state index < -0.39 is 0 Å². The van der Waals surface area contributed by atoms with Gasteiger partial charge in [0, 0.05) is 7.05 Å². The van der Waals surface area contributed by atoms with Crippen LogP contribution < -0.4 is 5.69 Å². The van der Waals surface area contributed by atoms with Crippen LogP contribution in [-0.4, -0.2) is 19.4 Å². The van der Waals surface area contributed by atoms with Crippen molar-refractivity contribution >= 4 is 5.65 Å². The lowest BCUT2D eigenvalue weighted by atomic mass is 10.1. The second-order valence-electron chi connectivity index (χ2n) is 4.48. The molecule has 6 heteroatoms. The molecule has 2 aromatic heterocycles. The normalized spacial score (nSPS) is 10.7. The number of benzene rings is 1. The summed E-state index contributed by atoms with van der Waals surface area (Å²) in [4.78, 5) is 12.3. The molecule has 0 saturated carbocycles. The summed E-state index contributed by atoms with van der Waals surface area (Å²) in [7, 11) is 1.53. The van der Waals surface area contributed by atoms with Gasteiger partial charge in [-0.1, -0.05) is 35.5 Å². The zero-order valence-corrected chi connectivity index (χ0v) is 11.0. The molecule has 0 amide bonds. The maximum absolute atomic E-state index is 12.3. The van der Waals surface area contributed by atoms with Gasteiger partial charge in [-0.05, 0) is 18.1 Å². The van der Waals surface area contributed by atoms with E-state index in [9.17, 15) is 10.1 Å². The molecular weight excluding hydrogens is 254 g/mol. The van der Waals surface area contributed by atoms with Crippen LogP contribution in [-0.2, 0) is 7.05 Å². The van der Waals surface area contributed by atoms with Gasteiger partial charge >= 0.3 is 5.69 Å². The lowest BCUT2D eigenvalue weighted by Crippen LogP contribution is -2.28. The summed E-state index contributed by atoms with van der Waals surface area (Å²) >= 11 is 0. The highest BCUT2D eigenvalue weighted by Gasteiger charge is 2.20. The van der Waals surface area contributed by atoms with Crippen molar-refractivity contribution in [1.82, 2.24) is 19.4 Å². The smallest absolute Gasteiger partial charge is 0.246 e. The first-order valence-electron chi connectivity index (χ1n) is 6.05. The highest BCUT2D eigenvalue weighted by Crippen LogP contribution is 2.28. The Morgan fingerprint density at radius 1 is 1.25 bits per heavy atom. The van der Waals surface area contributed by atoms with E-state index in [0.717, 1.165) is 15.8 Å². The van der Waals surface area contributed by atoms with Crippen molar-refractivity contribution < 1.29 is 0 Å². The third-order valence-electron chi connectivity index (χ3n) is 3.29. The van der Waals surface area contributed by atoms with Gasteiger partial charge in [-0.3, -0.25) is 0 Å². The van der Waals surface area contributed by atoms with Crippen LogP contribution in [0.4, 0.5) is 0 Å². The molecule has 20 heavy (non-hydrogen) atoms. The predicted molar refractivity (Wildman–Crippen MR) is 73.1 cm³/mol. The van der Waals surface area contributed by atoms with Crippen LogP contribution >= 0.6 is 0 Å². The minimum Gasteiger partial charge on any atom is -0.246 e. The highest BCUT2D eigenvalue weighted by atomic mass is 16.2. The summed E-state index contributed by atoms with van der Waals surface area (Å²) in [5, 5.41) is 17.0. The Labute approximate surface area is 114 Å². The molecule has 98 valence electrons. The molecule has 0 fully saturated rings. The Balaban J connectivity index is 2.56. The quantitative estimate of drug-likeness (QED) is 0.664. The summed E-state index contributed by atoms with van der Waals surface area (Å²) in [6.07, 6.45) is 0. The fraction of sp³-hybridized carbons (Fsp3) is 0.143. The van der Waals surface area contributed by atoms with E-state index >= 15 is 0 Å². The molecule has 0 spiro atoms. The number of aromatic nitrogens is 4. The Morgan fingerprint density at radius 3 is 2.60 bits per heavy atom. The van der Waals surface area contributed by atoms with Gasteiger partial charge in [0.2, 0.25) is 0 Å². The summed E-state index contributed by atoms with van der Waals surface area (Å²) in [5.74, 6) is 0. The Kier molecular flexibility index (Phi) is 2.61. The third kappa shape index (κ3) is 1.53. The molecule has 0 saturated heterocycles. The number of hydrogen-bond acceptors (Lipinski definition) is 4. The lowest BCUT2D eigenvalue weighted by Gasteiger charge is -2.04. The van der Waals surface area contributed by atoms with E-state index in [1.807, 2.05) is 37.3 Å². The number of aryl methyl sites for hydroxylation is 1. The lowest BCUT2D eigenvalue weighted by molar-refractivity contribution is 0.608. The van der Waals surface area contributed by atoms with E-state index in [1.54, 1.807) is 0 Å². The number of rotatable bonds is 1. The van der Waals surface area contributed by atoms with Crippen LogP contribution in [0.3, 0.4) is 0 Å². The molecule has 0 aliphatic heterocycles. The van der Waals surface area contributed by atoms with Crippen LogP contribution in [0.1, 0.15) is 11.1 Å². The monoisotopic (exact) mass is 265 g/mol. The van der Waals surface area contributed by atoms with Crippen molar-refractivity contribution in [2.45, 2.75) is 6.92 Å². The van der Waals surface area contributed by atoms with Gasteiger partial charge in [0.15, 0.2) is 5.65 Å². The fourth-order valence-electron chi connectivity index (χ4n) is 2.32. The van der Waals surface area contributed by atoms with E-state index in [4.69, 9.17) is 0 Å². The maximum Gasteiger partial charge on any atom is 0.351 e. The molecule has 0 N–H and O–H groups in total. The third-order valence-corrected chi connectivity index (χ3v) is 3.29. The molecule has 0 atom stereocenters. The van der Waals surface area contributed by atoms with Crippen molar-refractivity contribution in [3.63, 3.8) is 0 Å². The van der Waals surface area contributed by atoms with Crippen LogP contribution in [0.2, 0.25) is 0 Å². The Hall–Kier alpha value is -2.94. The van der Waals surface area contributed by atoms with Crippen molar-refractivity contribution in [3.8, 4) is 17.3 Å². The van der Waals surface area contributed by atoms with E-state index in [-0.39, 0.29) is 5.69 Å². The molecule has 2 heterocycles. The van der Waals surface area contributed by atoms with Gasteiger partial charge in [-0.2, -0.15) is 9.94 Å². The van der Waals surface area contributed by atoms with E-state index in [0.29, 0.717) is 16.9 Å². The van der Waals surface area contributed by atoms with Gasteiger partial charge in [0.25, 0.3) is 0 Å². The average molecular weight is 265 g/mol. The van der Waals surface area contributed by atoms with Crippen LogP contribution in [0.5, 0.6) is 0 Å². The van der Waals surface area contributed by atoms with E-state index in [1.165, 1.54) is 11.4 Å². The number of nitrogens with zero attached hydrogens (tertiary/aromatic N) is 5. The van der Waals surface area contributed by atoms with Crippen molar-refractivity contribution in [2.24, 2.45) is 7.05 Å². The average Bonchev–Trinajstić information content (AvgIpc) is 2.76. The highest BCUT2D eigenvalue weighted by molar-refractivity contribution is 5.75. The van der Waals surface area contributed by atoms with Crippen molar-refractivity contribution in [2.75, 3.05) is 0 Å². The zero-order valence-electron chi connectivity index (χ0n) is 11.0. The minimum atomic E-state index is -0.321. The van der Waals surface area contributed by atoms with Gasteiger partial charge in [-0.25, -0.2) is 9.20 Å². The van der Waals surface area contributed by atoms with Crippen LogP contribution in [0.15, 0.2) is 35.1 Å². The van der Waals surface area contributed by atoms with Gasteiger partial charge in [0.05, 0.1) is 5.69 Å². The molecular formula is C14H11N5O. The minimum absolute atomic E-state index is 0.298. The molecule has 0 unspecified atom stereocenters. The van der Waals surface area contributed by atoms with Crippen molar-refractivity contribution in [3.05, 3.63) is 51.9 Å². The zero-order chi connectivity index (χ0) is 14.3. The number of fused-ring (bicyclic) bond motifs is 1. The molecule has 0 bridgehead atoms. The SMILES string of the molecule is Cc1c(C#N)c2nnn(C)c(=O)n2c1-c1ccccc1. The standard InChI is InChI=1S/C14H11N5O/c1-9-11(8-15)13-16-17-18(2)14(20)19(13)12(9)10-6-4-3-5-7-10/h3-7H,1-2H3. The van der Waals surface area contributed by atoms with Crippen LogP contribution in [0, 0.1) is 18.3 Å². The molecule has 6 nitrogen and oxygen atoms in total. The molecule has 3 rings (SSSR count). The van der Waals surface area contributed by atoms with Gasteiger partial charge < -0.3 is 0 Å². The topological polar surface area (TPSA) is 76.0 Å². The summed E-state index contributed by atoms with van der Waals surface area (Å²) in [6.45, 7) is 1.81. The van der Waals surface area contributed by atoms with Gasteiger partial charge in [-0.15, -0.1) is 5.10 Å². The number of nitriles is 1. The number of hydrogen-bond donors (Lipinski definition) is 0. The first-order chi connectivity index (χ1) is 9.65. The second kappa shape index (κ2) is 4.31. The van der Waals surface area contributed by atoms with E-state index in [2.05, 4.69) is 16.4 Å². The second-order valence-corrected chi connectivity index (χ2v) is 4.48. The first kappa shape index (κ1) is 12.1. The first-order valence-corrected chi connectivity index (χ1v) is 6.05. The van der Waals surface area contributed by atoms with Crippen LogP contribution in [0.25, 0.3) is 16.9 Å². The molecule has 3 aromatic rings. The predicted octanol–water partition coefficient (Wildman–Crippen LogP) is 1.28. The fourth-order valence-corrected chi connectivity index (χ4v) is 2.32. The summed E-state index contributed by atoms with van der Waals surface area (Å²) in [6, 6.07) is 11.6.